The van der Waals surface area contributed by atoms with Crippen LogP contribution in [0.4, 0.5) is 0 Å². The Morgan fingerprint density at radius 3 is 2.78 bits per heavy atom. The maximum absolute atomic E-state index is 4.53. The van der Waals surface area contributed by atoms with Crippen LogP contribution in [0.15, 0.2) is 6.20 Å². The monoisotopic (exact) mass is 282 g/mol. The smallest absolute Gasteiger partial charge is 0.0728 e. The summed E-state index contributed by atoms with van der Waals surface area (Å²) in [6.45, 7) is 7.64. The third kappa shape index (κ3) is 1.90. The van der Waals surface area contributed by atoms with Crippen molar-refractivity contribution in [2.24, 2.45) is 0 Å². The van der Waals surface area contributed by atoms with E-state index in [0.29, 0.717) is 0 Å². The highest BCUT2D eigenvalue weighted by Crippen LogP contribution is 2.40. The quantitative estimate of drug-likeness (QED) is 0.768. The number of thiophene rings is 1. The minimum atomic E-state index is 0. The van der Waals surface area contributed by atoms with Gasteiger partial charge in [0.15, 0.2) is 0 Å². The molecule has 1 aliphatic rings. The zero-order chi connectivity index (χ0) is 12.0. The van der Waals surface area contributed by atoms with Crippen LogP contribution in [0.25, 0.3) is 11.3 Å². The molecule has 0 aromatic carbocycles. The highest BCUT2D eigenvalue weighted by Gasteiger charge is 2.23. The zero-order valence-electron chi connectivity index (χ0n) is 11.1. The average molecular weight is 283 g/mol. The van der Waals surface area contributed by atoms with Crippen molar-refractivity contribution in [3.05, 3.63) is 27.1 Å². The van der Waals surface area contributed by atoms with E-state index >= 15 is 0 Å². The molecule has 2 aromatic rings. The van der Waals surface area contributed by atoms with Gasteiger partial charge >= 0.3 is 0 Å². The van der Waals surface area contributed by atoms with Crippen molar-refractivity contribution >= 4 is 23.7 Å². The van der Waals surface area contributed by atoms with Crippen LogP contribution in [0.3, 0.4) is 0 Å². The molecule has 2 nitrogen and oxygen atoms in total. The second-order valence-corrected chi connectivity index (χ2v) is 6.18. The maximum Gasteiger partial charge on any atom is 0.0728 e. The molecule has 0 fully saturated rings. The van der Waals surface area contributed by atoms with Crippen LogP contribution in [0, 0.1) is 13.8 Å². The first-order chi connectivity index (χ1) is 8.22. The minimum absolute atomic E-state index is 0. The largest absolute Gasteiger partial charge is 0.265 e. The third-order valence-corrected chi connectivity index (χ3v) is 4.77. The van der Waals surface area contributed by atoms with E-state index in [9.17, 15) is 0 Å². The lowest BCUT2D eigenvalue weighted by atomic mass is 10.0. The van der Waals surface area contributed by atoms with Gasteiger partial charge in [-0.1, -0.05) is 0 Å². The first-order valence-corrected chi connectivity index (χ1v) is 7.18. The molecule has 18 heavy (non-hydrogen) atoms. The standard InChI is InChI=1S/C14H18N2S.ClH/c1-4-16-14-11(8-15-16)6-5-7-12-9(2)17-10(3)13(12)14;/h8H,4-7H2,1-3H3;1H. The lowest BCUT2D eigenvalue weighted by molar-refractivity contribution is 0.666. The van der Waals surface area contributed by atoms with Gasteiger partial charge in [0.05, 0.1) is 11.9 Å². The van der Waals surface area contributed by atoms with Gasteiger partial charge in [-0.3, -0.25) is 4.68 Å². The summed E-state index contributed by atoms with van der Waals surface area (Å²) >= 11 is 1.94. The van der Waals surface area contributed by atoms with E-state index in [1.165, 1.54) is 45.8 Å². The van der Waals surface area contributed by atoms with Gasteiger partial charge in [-0.05, 0) is 51.2 Å². The molecular formula is C14H19ClN2S. The van der Waals surface area contributed by atoms with E-state index in [2.05, 4.69) is 36.7 Å². The molecule has 0 aliphatic heterocycles. The van der Waals surface area contributed by atoms with Crippen LogP contribution in [0.2, 0.25) is 0 Å². The Hall–Kier alpha value is -0.800. The molecular weight excluding hydrogens is 264 g/mol. The highest BCUT2D eigenvalue weighted by atomic mass is 35.5. The van der Waals surface area contributed by atoms with Gasteiger partial charge < -0.3 is 0 Å². The molecule has 0 unspecified atom stereocenters. The zero-order valence-corrected chi connectivity index (χ0v) is 12.7. The van der Waals surface area contributed by atoms with E-state index in [4.69, 9.17) is 0 Å². The maximum atomic E-state index is 4.53. The molecule has 0 saturated carbocycles. The molecule has 0 bridgehead atoms. The van der Waals surface area contributed by atoms with Crippen LogP contribution in [-0.4, -0.2) is 9.78 Å². The molecule has 0 saturated heterocycles. The SMILES string of the molecule is CCn1ncc2c1-c1c(C)sc(C)c1CCC2.Cl. The molecule has 0 spiro atoms. The number of halogens is 1. The topological polar surface area (TPSA) is 17.8 Å². The number of hydrogen-bond donors (Lipinski definition) is 0. The van der Waals surface area contributed by atoms with Gasteiger partial charge in [-0.25, -0.2) is 0 Å². The van der Waals surface area contributed by atoms with Gasteiger partial charge in [-0.15, -0.1) is 23.7 Å². The minimum Gasteiger partial charge on any atom is -0.265 e. The summed E-state index contributed by atoms with van der Waals surface area (Å²) in [5.74, 6) is 0. The summed E-state index contributed by atoms with van der Waals surface area (Å²) < 4.78 is 2.17. The van der Waals surface area contributed by atoms with Crippen LogP contribution in [0.5, 0.6) is 0 Å². The fourth-order valence-corrected chi connectivity index (χ4v) is 4.04. The number of nitrogens with zero attached hydrogens (tertiary/aromatic N) is 2. The van der Waals surface area contributed by atoms with Crippen molar-refractivity contribution < 1.29 is 0 Å². The van der Waals surface area contributed by atoms with Crippen LogP contribution in [-0.2, 0) is 19.4 Å². The Morgan fingerprint density at radius 1 is 1.28 bits per heavy atom. The van der Waals surface area contributed by atoms with Crippen molar-refractivity contribution in [1.29, 1.82) is 0 Å². The van der Waals surface area contributed by atoms with Gasteiger partial charge in [-0.2, -0.15) is 5.10 Å². The summed E-state index contributed by atoms with van der Waals surface area (Å²) in [7, 11) is 0. The Balaban J connectivity index is 0.00000120. The van der Waals surface area contributed by atoms with E-state index in [-0.39, 0.29) is 12.4 Å². The fraction of sp³-hybridized carbons (Fsp3) is 0.500. The normalized spacial score (nSPS) is 13.5. The predicted molar refractivity (Wildman–Crippen MR) is 80.0 cm³/mol. The van der Waals surface area contributed by atoms with E-state index in [1.807, 2.05) is 11.3 Å². The van der Waals surface area contributed by atoms with Crippen LogP contribution in [0.1, 0.15) is 34.2 Å². The van der Waals surface area contributed by atoms with Crippen molar-refractivity contribution in [1.82, 2.24) is 9.78 Å². The van der Waals surface area contributed by atoms with E-state index in [0.717, 1.165) is 6.54 Å². The molecule has 2 aromatic heterocycles. The molecule has 3 rings (SSSR count). The molecule has 2 heterocycles. The Morgan fingerprint density at radius 2 is 2.06 bits per heavy atom. The predicted octanol–water partition coefficient (Wildman–Crippen LogP) is 4.16. The second kappa shape index (κ2) is 5.06. The third-order valence-electron chi connectivity index (χ3n) is 3.71. The second-order valence-electron chi connectivity index (χ2n) is 4.76. The van der Waals surface area contributed by atoms with Crippen molar-refractivity contribution in [2.75, 3.05) is 0 Å². The molecule has 98 valence electrons. The number of fused-ring (bicyclic) bond motifs is 3. The summed E-state index contributed by atoms with van der Waals surface area (Å²) in [5, 5.41) is 4.53. The molecule has 0 N–H and O–H groups in total. The first kappa shape index (κ1) is 13.6. The van der Waals surface area contributed by atoms with Crippen LogP contribution >= 0.6 is 23.7 Å². The van der Waals surface area contributed by atoms with E-state index in [1.54, 1.807) is 5.56 Å². The lowest BCUT2D eigenvalue weighted by Crippen LogP contribution is -2.00. The molecule has 0 atom stereocenters. The Bertz CT molecular complexity index is 569. The van der Waals surface area contributed by atoms with Gasteiger partial charge in [0.25, 0.3) is 0 Å². The first-order valence-electron chi connectivity index (χ1n) is 6.36. The van der Waals surface area contributed by atoms with Crippen molar-refractivity contribution in [3.63, 3.8) is 0 Å². The molecule has 0 amide bonds. The van der Waals surface area contributed by atoms with Gasteiger partial charge in [0.2, 0.25) is 0 Å². The summed E-state index contributed by atoms with van der Waals surface area (Å²) in [5.41, 5.74) is 5.88. The molecule has 1 aliphatic carbocycles. The summed E-state index contributed by atoms with van der Waals surface area (Å²) in [6, 6.07) is 0. The van der Waals surface area contributed by atoms with E-state index < -0.39 is 0 Å². The lowest BCUT2D eigenvalue weighted by Gasteiger charge is -2.07. The van der Waals surface area contributed by atoms with Crippen molar-refractivity contribution in [2.45, 2.75) is 46.6 Å². The summed E-state index contributed by atoms with van der Waals surface area (Å²) in [6.07, 6.45) is 5.73. The Labute approximate surface area is 118 Å². The summed E-state index contributed by atoms with van der Waals surface area (Å²) in [4.78, 5) is 2.95. The Kier molecular flexibility index (Phi) is 3.83. The van der Waals surface area contributed by atoms with Gasteiger partial charge in [0, 0.05) is 21.9 Å². The molecule has 4 heteroatoms. The fourth-order valence-electron chi connectivity index (χ4n) is 2.93. The van der Waals surface area contributed by atoms with Crippen LogP contribution < -0.4 is 0 Å². The molecule has 0 radical (unpaired) electrons. The van der Waals surface area contributed by atoms with Gasteiger partial charge in [0.1, 0.15) is 0 Å². The number of hydrogen-bond acceptors (Lipinski definition) is 2. The number of aryl methyl sites for hydroxylation is 4. The number of rotatable bonds is 1. The average Bonchev–Trinajstić information content (AvgIpc) is 2.74. The highest BCUT2D eigenvalue weighted by molar-refractivity contribution is 7.12. The number of aromatic nitrogens is 2. The van der Waals surface area contributed by atoms with Crippen molar-refractivity contribution in [3.8, 4) is 11.3 Å².